The van der Waals surface area contributed by atoms with Crippen LogP contribution in [0.2, 0.25) is 5.02 Å². The molecule has 3 aliphatic rings. The number of hydrogen-bond donors (Lipinski definition) is 6. The highest BCUT2D eigenvalue weighted by molar-refractivity contribution is 7.90. The Morgan fingerprint density at radius 1 is 0.875 bits per heavy atom. The SMILES string of the molecule is Cc1ncsc1-c1ccc(CNC(=O)[C@@H]2C[C@@H](O)CN2C(=O)[C@@H](NC(=O)CCOCCOCCOCCOCCNc2ccc(S(=O)(=O)NC(=O)c3ccc(N4CCN(CC5=C(c6ccc(Cl)cc6)CC(C)(C)CC5)CC4)cc3-n3c4cc5cc[nH]c5nc4c(=O)n3C)cc2[N+](=O)[O-])C(C)(C)C)cc1. The number of benzene rings is 4. The Morgan fingerprint density at radius 3 is 2.23 bits per heavy atom. The van der Waals surface area contributed by atoms with Crippen LogP contribution in [0.5, 0.6) is 0 Å². The van der Waals surface area contributed by atoms with Gasteiger partial charge in [0, 0.05) is 101 Å². The number of H-pyrrole nitrogens is 1. The average molecular weight is 1490 g/mol. The minimum absolute atomic E-state index is 0.0160. The number of carbonyl (C=O) groups is 4. The van der Waals surface area contributed by atoms with Gasteiger partial charge in [-0.05, 0) is 114 Å². The zero-order chi connectivity index (χ0) is 74.0. The lowest BCUT2D eigenvalue weighted by atomic mass is 9.72. The van der Waals surface area contributed by atoms with Gasteiger partial charge in [0.15, 0.2) is 5.52 Å². The van der Waals surface area contributed by atoms with Crippen LogP contribution in [0.3, 0.4) is 0 Å². The van der Waals surface area contributed by atoms with Gasteiger partial charge >= 0.3 is 0 Å². The predicted molar refractivity (Wildman–Crippen MR) is 399 cm³/mol. The summed E-state index contributed by atoms with van der Waals surface area (Å²) >= 11 is 7.85. The normalized spacial score (nSPS) is 16.9. The van der Waals surface area contributed by atoms with Crippen molar-refractivity contribution >= 4 is 101 Å². The monoisotopic (exact) mass is 1480 g/mol. The van der Waals surface area contributed by atoms with Crippen molar-refractivity contribution in [3.63, 3.8) is 0 Å². The first-order valence-electron chi connectivity index (χ1n) is 34.8. The highest BCUT2D eigenvalue weighted by atomic mass is 35.5. The van der Waals surface area contributed by atoms with E-state index in [0.29, 0.717) is 34.7 Å². The molecule has 0 radical (unpaired) electrons. The van der Waals surface area contributed by atoms with Gasteiger partial charge in [0.2, 0.25) is 17.7 Å². The first-order chi connectivity index (χ1) is 49.7. The third kappa shape index (κ3) is 18.6. The number of hydrogen-bond acceptors (Lipinski definition) is 20. The number of aryl methyl sites for hydroxylation is 1. The zero-order valence-electron chi connectivity index (χ0n) is 59.5. The first-order valence-corrected chi connectivity index (χ1v) is 37.6. The summed E-state index contributed by atoms with van der Waals surface area (Å²) in [6.07, 6.45) is 3.89. The molecule has 0 saturated carbocycles. The number of halogens is 1. The standard InChI is InChI=1S/C74H90ClN13O14S2/c1-47-66(103-46-79-47)50-10-8-48(9-11-50)43-78-70(92)63-40-55(89)45-86(63)72(94)67(73(2,3)4)80-64(90)22-30-99-32-34-101-36-37-102-35-33-100-31-25-76-59-19-17-56(41-61(59)88(95)96)104(97,98)82-69(91)57-18-16-54(39-60(57)87-62-38-51-21-24-77-68(51)81-65(62)71(93)83(87)7)85-28-26-84(27-29-85)44-52-20-23-74(5,6)42-58(52)49-12-14-53(75)15-13-49/h8-19,21,24,38-39,41,46,55,63,67,76,89H,20,22-23,25-37,40,42-45H2,1-7H3,(H,77,81)(H,78,92)(H,80,90)(H,82,91)/t55-,63+,67-/m1/s1. The van der Waals surface area contributed by atoms with Crippen LogP contribution in [0.15, 0.2) is 124 Å². The number of nitrogens with one attached hydrogen (secondary N) is 5. The van der Waals surface area contributed by atoms with E-state index in [9.17, 15) is 47.6 Å². The molecule has 0 unspecified atom stereocenters. The van der Waals surface area contributed by atoms with Crippen LogP contribution in [0.25, 0.3) is 43.8 Å². The second-order valence-electron chi connectivity index (χ2n) is 28.2. The van der Waals surface area contributed by atoms with Gasteiger partial charge in [-0.15, -0.1) is 11.3 Å². The summed E-state index contributed by atoms with van der Waals surface area (Å²) in [5, 5.41) is 33.1. The Labute approximate surface area is 612 Å². The number of nitro groups is 1. The van der Waals surface area contributed by atoms with Gasteiger partial charge < -0.3 is 54.8 Å². The highest BCUT2D eigenvalue weighted by Crippen LogP contribution is 2.44. The number of nitrogens with zero attached hydrogens (tertiary/aromatic N) is 8. The Hall–Kier alpha value is -8.91. The van der Waals surface area contributed by atoms with E-state index in [1.807, 2.05) is 64.1 Å². The maximum atomic E-state index is 14.5. The van der Waals surface area contributed by atoms with Crippen LogP contribution in [-0.2, 0) is 56.9 Å². The van der Waals surface area contributed by atoms with Crippen LogP contribution >= 0.6 is 22.9 Å². The molecule has 2 saturated heterocycles. The molecule has 1 aliphatic carbocycles. The van der Waals surface area contributed by atoms with E-state index in [1.165, 1.54) is 38.4 Å². The molecular formula is C74H90ClN13O14S2. The minimum atomic E-state index is -4.75. The molecule has 3 atom stereocenters. The molecule has 554 valence electrons. The number of ether oxygens (including phenoxy) is 4. The second-order valence-corrected chi connectivity index (χ2v) is 31.2. The Bertz CT molecular complexity index is 4640. The molecule has 4 amide bonds. The lowest BCUT2D eigenvalue weighted by Crippen LogP contribution is -2.57. The van der Waals surface area contributed by atoms with Crippen molar-refractivity contribution in [2.75, 3.05) is 109 Å². The van der Waals surface area contributed by atoms with Crippen molar-refractivity contribution in [2.45, 2.75) is 103 Å². The number of allylic oxidation sites excluding steroid dienone is 1. The van der Waals surface area contributed by atoms with E-state index >= 15 is 0 Å². The summed E-state index contributed by atoms with van der Waals surface area (Å²) in [5.41, 5.74) is 8.94. The van der Waals surface area contributed by atoms with E-state index in [0.717, 1.165) is 78.4 Å². The number of anilines is 2. The van der Waals surface area contributed by atoms with E-state index < -0.39 is 78.3 Å². The number of piperazine rings is 1. The Kier molecular flexibility index (Phi) is 24.5. The molecule has 8 aromatic rings. The molecule has 2 fully saturated rings. The number of aliphatic hydroxyl groups excluding tert-OH is 1. The smallest absolute Gasteiger partial charge is 0.293 e. The quantitative estimate of drug-likeness (QED) is 0.0134. The van der Waals surface area contributed by atoms with Crippen LogP contribution in [0, 0.1) is 27.9 Å². The predicted octanol–water partition coefficient (Wildman–Crippen LogP) is 8.78. The lowest BCUT2D eigenvalue weighted by molar-refractivity contribution is -0.384. The third-order valence-corrected chi connectivity index (χ3v) is 21.6. The molecule has 6 heterocycles. The number of nitro benzene ring substituents is 1. The number of likely N-dealkylation sites (tertiary alicyclic amines) is 1. The molecule has 6 N–H and O–H groups in total. The largest absolute Gasteiger partial charge is 0.391 e. The molecule has 4 aromatic carbocycles. The first kappa shape index (κ1) is 76.2. The fraction of sp³-hybridized carbons (Fsp3) is 0.446. The summed E-state index contributed by atoms with van der Waals surface area (Å²) < 4.78 is 55.8. The number of β-amino-alcohol motifs (C(OH)–C–C–N with tert-alkyl or cyclic N) is 1. The number of sulfonamides is 1. The molecule has 30 heteroatoms. The van der Waals surface area contributed by atoms with Gasteiger partial charge in [-0.2, -0.15) is 0 Å². The van der Waals surface area contributed by atoms with Crippen molar-refractivity contribution in [1.82, 2.24) is 49.5 Å². The van der Waals surface area contributed by atoms with Gasteiger partial charge in [0.05, 0.1) is 102 Å². The van der Waals surface area contributed by atoms with Gasteiger partial charge in [0.1, 0.15) is 23.4 Å². The van der Waals surface area contributed by atoms with Crippen molar-refractivity contribution in [1.29, 1.82) is 0 Å². The van der Waals surface area contributed by atoms with Gasteiger partial charge in [-0.1, -0.05) is 88.2 Å². The maximum Gasteiger partial charge on any atom is 0.293 e. The molecule has 11 rings (SSSR count). The Balaban J connectivity index is 0.608. The third-order valence-electron chi connectivity index (χ3n) is 19.1. The number of pyridine rings is 1. The Morgan fingerprint density at radius 2 is 1.56 bits per heavy atom. The summed E-state index contributed by atoms with van der Waals surface area (Å²) in [6.45, 7) is 17.4. The summed E-state index contributed by atoms with van der Waals surface area (Å²) in [4.78, 5) is 99.4. The molecule has 2 aliphatic heterocycles. The van der Waals surface area contributed by atoms with E-state index in [2.05, 4.69) is 71.4 Å². The minimum Gasteiger partial charge on any atom is -0.391 e. The molecule has 0 spiro atoms. The lowest BCUT2D eigenvalue weighted by Gasteiger charge is -2.39. The van der Waals surface area contributed by atoms with Crippen LogP contribution < -0.4 is 31.1 Å². The number of rotatable bonds is 31. The summed E-state index contributed by atoms with van der Waals surface area (Å²) in [6, 6.07) is 25.9. The van der Waals surface area contributed by atoms with Crippen molar-refractivity contribution in [3.8, 4) is 16.1 Å². The fourth-order valence-electron chi connectivity index (χ4n) is 13.4. The van der Waals surface area contributed by atoms with Crippen LogP contribution in [-0.4, -0.2) is 193 Å². The molecule has 0 bridgehead atoms. The van der Waals surface area contributed by atoms with E-state index in [-0.39, 0.29) is 113 Å². The fourth-order valence-corrected chi connectivity index (χ4v) is 15.3. The highest BCUT2D eigenvalue weighted by Gasteiger charge is 2.45. The van der Waals surface area contributed by atoms with Crippen LogP contribution in [0.4, 0.5) is 17.1 Å². The van der Waals surface area contributed by atoms with Crippen molar-refractivity contribution in [3.05, 3.63) is 162 Å². The van der Waals surface area contributed by atoms with E-state index in [4.69, 9.17) is 30.5 Å². The second kappa shape index (κ2) is 33.5. The van der Waals surface area contributed by atoms with Gasteiger partial charge in [0.25, 0.3) is 27.2 Å². The number of aliphatic hydroxyl groups is 1. The number of amides is 4. The number of aromatic amines is 1. The average Bonchev–Trinajstić information content (AvgIpc) is 1.59. The topological polar surface area (TPSA) is 329 Å². The van der Waals surface area contributed by atoms with Gasteiger partial charge in [-0.25, -0.2) is 32.5 Å². The zero-order valence-corrected chi connectivity index (χ0v) is 61.9. The van der Waals surface area contributed by atoms with Crippen molar-refractivity contribution in [2.24, 2.45) is 17.9 Å². The summed E-state index contributed by atoms with van der Waals surface area (Å²) in [5.74, 6) is -2.31. The van der Waals surface area contributed by atoms with Crippen LogP contribution in [0.1, 0.15) is 93.9 Å². The number of aromatic nitrogens is 5. The summed E-state index contributed by atoms with van der Waals surface area (Å²) in [7, 11) is -3.20. The number of fused-ring (bicyclic) bond motifs is 2. The molecular weight excluding hydrogens is 1390 g/mol. The van der Waals surface area contributed by atoms with E-state index in [1.54, 1.807) is 59.0 Å². The molecule has 4 aromatic heterocycles. The number of thiazole rings is 1. The number of carbonyl (C=O) groups excluding carboxylic acids is 4. The maximum absolute atomic E-state index is 14.5. The van der Waals surface area contributed by atoms with Crippen molar-refractivity contribution < 1.29 is 56.6 Å². The molecule has 104 heavy (non-hydrogen) atoms. The van der Waals surface area contributed by atoms with Gasteiger partial charge in [-0.3, -0.25) is 39.0 Å². The molecule has 27 nitrogen and oxygen atoms in total.